The summed E-state index contributed by atoms with van der Waals surface area (Å²) in [5.74, 6) is -0.137. The molecule has 1 fully saturated rings. The molecule has 5 rings (SSSR count). The Bertz CT molecular complexity index is 2090. The van der Waals surface area contributed by atoms with Crippen LogP contribution in [0.5, 0.6) is 17.2 Å². The zero-order valence-electron chi connectivity index (χ0n) is 34.1. The molecule has 1 aliphatic carbocycles. The standard InChI is InChI=1S/C44H58ClN3O8Si/c1-43(2,3)57(5,6)56-38(32-16-18-35(49)41-33(32)17-19-39(50)48-41)27-46-26-30-24-34(45)37(25-36(30)54-4)55-28-40(51)47-22-11-8-13-29-14-12-15-31(23-29)44(42(52)53)20-9-7-10-21-44/h12,14-19,23-25,38,46,49H,7-11,13,20-22,26-28H2,1-6H3,(H,47,51)(H,48,50)(H,52,53)/t38-/m0/s1. The smallest absolute Gasteiger partial charge is 0.314 e. The number of aryl methyl sites for hydroxylation is 1. The molecule has 1 aromatic heterocycles. The Morgan fingerprint density at radius 1 is 1.00 bits per heavy atom. The number of H-pyrrole nitrogens is 1. The van der Waals surface area contributed by atoms with Crippen LogP contribution in [0.4, 0.5) is 0 Å². The van der Waals surface area contributed by atoms with Crippen molar-refractivity contribution in [1.29, 1.82) is 0 Å². The number of carbonyl (C=O) groups is 2. The van der Waals surface area contributed by atoms with E-state index in [1.54, 1.807) is 31.4 Å². The summed E-state index contributed by atoms with van der Waals surface area (Å²) in [7, 11) is -0.709. The number of benzene rings is 3. The van der Waals surface area contributed by atoms with Gasteiger partial charge >= 0.3 is 5.97 Å². The molecule has 1 atom stereocenters. The van der Waals surface area contributed by atoms with Gasteiger partial charge in [-0.25, -0.2) is 0 Å². The van der Waals surface area contributed by atoms with E-state index in [1.165, 1.54) is 6.07 Å². The second-order valence-corrected chi connectivity index (χ2v) is 21.8. The minimum absolute atomic E-state index is 0.00846. The molecule has 1 heterocycles. The molecule has 0 bridgehead atoms. The summed E-state index contributed by atoms with van der Waals surface area (Å²) in [4.78, 5) is 39.8. The number of hydrogen-bond donors (Lipinski definition) is 5. The number of hydrogen-bond acceptors (Lipinski definition) is 8. The zero-order valence-corrected chi connectivity index (χ0v) is 35.8. The highest BCUT2D eigenvalue weighted by Gasteiger charge is 2.41. The maximum absolute atomic E-state index is 12.7. The van der Waals surface area contributed by atoms with Crippen molar-refractivity contribution in [2.24, 2.45) is 0 Å². The number of pyridine rings is 1. The summed E-state index contributed by atoms with van der Waals surface area (Å²) in [6.07, 6.45) is 6.33. The average molecular weight is 821 g/mol. The number of aromatic hydroxyl groups is 1. The predicted molar refractivity (Wildman–Crippen MR) is 227 cm³/mol. The molecular weight excluding hydrogens is 762 g/mol. The first-order valence-corrected chi connectivity index (χ1v) is 23.2. The van der Waals surface area contributed by atoms with Gasteiger partial charge < -0.3 is 39.7 Å². The summed E-state index contributed by atoms with van der Waals surface area (Å²) in [6, 6.07) is 18.0. The second-order valence-electron chi connectivity index (χ2n) is 16.6. The van der Waals surface area contributed by atoms with E-state index in [0.29, 0.717) is 59.9 Å². The fourth-order valence-electron chi connectivity index (χ4n) is 7.32. The first kappa shape index (κ1) is 43.8. The third kappa shape index (κ3) is 10.8. The lowest BCUT2D eigenvalue weighted by molar-refractivity contribution is -0.145. The number of halogens is 1. The van der Waals surface area contributed by atoms with Gasteiger partial charge in [-0.3, -0.25) is 14.4 Å². The molecule has 0 unspecified atom stereocenters. The Kier molecular flexibility index (Phi) is 14.5. The third-order valence-electron chi connectivity index (χ3n) is 11.6. The van der Waals surface area contributed by atoms with Crippen LogP contribution in [0.15, 0.2) is 65.5 Å². The van der Waals surface area contributed by atoms with Crippen LogP contribution in [0, 0.1) is 0 Å². The van der Waals surface area contributed by atoms with E-state index < -0.39 is 25.8 Å². The van der Waals surface area contributed by atoms with Crippen LogP contribution in [-0.2, 0) is 32.4 Å². The third-order valence-corrected chi connectivity index (χ3v) is 16.4. The van der Waals surface area contributed by atoms with Gasteiger partial charge in [0.25, 0.3) is 5.91 Å². The van der Waals surface area contributed by atoms with Crippen molar-refractivity contribution in [1.82, 2.24) is 15.6 Å². The predicted octanol–water partition coefficient (Wildman–Crippen LogP) is 8.55. The average Bonchev–Trinajstić information content (AvgIpc) is 3.17. The first-order valence-electron chi connectivity index (χ1n) is 19.9. The quantitative estimate of drug-likeness (QED) is 0.0490. The molecule has 0 radical (unpaired) electrons. The van der Waals surface area contributed by atoms with Gasteiger partial charge in [0, 0.05) is 42.7 Å². The van der Waals surface area contributed by atoms with Crippen LogP contribution in [0.25, 0.3) is 10.9 Å². The Labute approximate surface area is 341 Å². The number of nitrogens with one attached hydrogen (secondary N) is 3. The lowest BCUT2D eigenvalue weighted by Gasteiger charge is -2.39. The van der Waals surface area contributed by atoms with E-state index in [4.69, 9.17) is 25.5 Å². The molecule has 0 spiro atoms. The second kappa shape index (κ2) is 18.9. The van der Waals surface area contributed by atoms with E-state index >= 15 is 0 Å². The molecular formula is C44H58ClN3O8Si. The number of ether oxygens (including phenoxy) is 2. The van der Waals surface area contributed by atoms with Gasteiger partial charge in [-0.15, -0.1) is 0 Å². The largest absolute Gasteiger partial charge is 0.506 e. The van der Waals surface area contributed by atoms with Gasteiger partial charge in [0.1, 0.15) is 17.2 Å². The van der Waals surface area contributed by atoms with Crippen LogP contribution in [0.1, 0.15) is 94.1 Å². The topological polar surface area (TPSA) is 159 Å². The molecule has 1 aliphatic rings. The van der Waals surface area contributed by atoms with Crippen molar-refractivity contribution in [3.8, 4) is 17.2 Å². The Balaban J connectivity index is 1.14. The van der Waals surface area contributed by atoms with Crippen molar-refractivity contribution in [2.45, 2.75) is 108 Å². The number of carboxylic acids is 1. The van der Waals surface area contributed by atoms with Crippen molar-refractivity contribution in [3.63, 3.8) is 0 Å². The van der Waals surface area contributed by atoms with Gasteiger partial charge in [0.2, 0.25) is 5.56 Å². The molecule has 1 amide bonds. The van der Waals surface area contributed by atoms with Crippen LogP contribution in [-0.4, -0.2) is 62.2 Å². The van der Waals surface area contributed by atoms with Crippen LogP contribution < -0.4 is 25.7 Å². The molecule has 0 saturated heterocycles. The highest BCUT2D eigenvalue weighted by molar-refractivity contribution is 6.74. The SMILES string of the molecule is COc1cc(OCC(=O)NCCCCc2cccc(C3(C(=O)O)CCCCC3)c2)c(Cl)cc1CNC[C@H](O[Si](C)(C)C(C)(C)C)c1ccc(O)c2[nH]c(=O)ccc12. The molecule has 0 aliphatic heterocycles. The lowest BCUT2D eigenvalue weighted by atomic mass is 9.69. The van der Waals surface area contributed by atoms with E-state index in [1.807, 2.05) is 24.3 Å². The summed E-state index contributed by atoms with van der Waals surface area (Å²) in [6.45, 7) is 12.0. The molecule has 3 aromatic carbocycles. The van der Waals surface area contributed by atoms with Gasteiger partial charge in [-0.1, -0.05) is 82.0 Å². The number of rotatable bonds is 18. The summed E-state index contributed by atoms with van der Waals surface area (Å²) in [5, 5.41) is 28.0. The number of fused-ring (bicyclic) bond motifs is 1. The Morgan fingerprint density at radius 3 is 2.46 bits per heavy atom. The summed E-state index contributed by atoms with van der Waals surface area (Å²) < 4.78 is 18.4. The van der Waals surface area contributed by atoms with Gasteiger partial charge in [-0.05, 0) is 85.1 Å². The molecule has 308 valence electrons. The van der Waals surface area contributed by atoms with Crippen molar-refractivity contribution in [2.75, 3.05) is 26.8 Å². The molecule has 1 saturated carbocycles. The van der Waals surface area contributed by atoms with Crippen LogP contribution >= 0.6 is 11.6 Å². The molecule has 5 N–H and O–H groups in total. The lowest BCUT2D eigenvalue weighted by Crippen LogP contribution is -2.43. The number of aromatic nitrogens is 1. The normalized spacial score (nSPS) is 14.9. The minimum Gasteiger partial charge on any atom is -0.506 e. The minimum atomic E-state index is -2.27. The van der Waals surface area contributed by atoms with Crippen molar-refractivity contribution < 1.29 is 33.7 Å². The Morgan fingerprint density at radius 2 is 1.75 bits per heavy atom. The monoisotopic (exact) mass is 819 g/mol. The number of aliphatic carboxylic acids is 1. The summed E-state index contributed by atoms with van der Waals surface area (Å²) in [5.41, 5.74) is 2.92. The fraction of sp³-hybridized carbons (Fsp3) is 0.477. The Hall–Kier alpha value is -4.36. The summed E-state index contributed by atoms with van der Waals surface area (Å²) >= 11 is 6.66. The number of phenols is 1. The maximum Gasteiger partial charge on any atom is 0.314 e. The number of carbonyl (C=O) groups excluding carboxylic acids is 1. The zero-order chi connectivity index (χ0) is 41.4. The van der Waals surface area contributed by atoms with Gasteiger partial charge in [0.15, 0.2) is 14.9 Å². The van der Waals surface area contributed by atoms with Crippen molar-refractivity contribution >= 4 is 42.7 Å². The number of phenolic OH excluding ortho intramolecular Hbond substituents is 1. The van der Waals surface area contributed by atoms with E-state index in [0.717, 1.165) is 60.8 Å². The van der Waals surface area contributed by atoms with Gasteiger partial charge in [0.05, 0.1) is 29.2 Å². The molecule has 11 nitrogen and oxygen atoms in total. The van der Waals surface area contributed by atoms with E-state index in [-0.39, 0.29) is 28.9 Å². The number of aromatic amines is 1. The molecule has 13 heteroatoms. The van der Waals surface area contributed by atoms with Gasteiger partial charge in [-0.2, -0.15) is 0 Å². The number of carboxylic acid groups (broad SMARTS) is 1. The highest BCUT2D eigenvalue weighted by atomic mass is 35.5. The van der Waals surface area contributed by atoms with Crippen molar-refractivity contribution in [3.05, 3.63) is 98.3 Å². The first-order chi connectivity index (χ1) is 27.0. The number of amides is 1. The number of unbranched alkanes of at least 4 members (excludes halogenated alkanes) is 1. The van der Waals surface area contributed by atoms with E-state index in [9.17, 15) is 24.6 Å². The fourth-order valence-corrected chi connectivity index (χ4v) is 8.84. The highest BCUT2D eigenvalue weighted by Crippen LogP contribution is 2.42. The maximum atomic E-state index is 12.7. The number of methoxy groups -OCH3 is 1. The molecule has 4 aromatic rings. The van der Waals surface area contributed by atoms with E-state index in [2.05, 4.69) is 55.5 Å². The van der Waals surface area contributed by atoms with Crippen LogP contribution in [0.3, 0.4) is 0 Å². The molecule has 57 heavy (non-hydrogen) atoms. The van der Waals surface area contributed by atoms with Crippen LogP contribution in [0.2, 0.25) is 23.2 Å².